The third-order valence-electron chi connectivity index (χ3n) is 1.14. The lowest BCUT2D eigenvalue weighted by Gasteiger charge is -1.96. The molecule has 0 saturated carbocycles. The van der Waals surface area contributed by atoms with Crippen LogP contribution in [0, 0.1) is 5.82 Å². The Morgan fingerprint density at radius 2 is 2.20 bits per heavy atom. The quantitative estimate of drug-likeness (QED) is 0.641. The zero-order valence-electron chi connectivity index (χ0n) is 5.07. The summed E-state index contributed by atoms with van der Waals surface area (Å²) in [6.07, 6.45) is 0. The van der Waals surface area contributed by atoms with Crippen LogP contribution in [0.2, 0.25) is 0 Å². The Kier molecular flexibility index (Phi) is 2.69. The van der Waals surface area contributed by atoms with Crippen molar-refractivity contribution in [3.05, 3.63) is 34.1 Å². The van der Waals surface area contributed by atoms with Crippen molar-refractivity contribution in [2.24, 2.45) is 0 Å². The van der Waals surface area contributed by atoms with Crippen molar-refractivity contribution in [1.29, 1.82) is 0 Å². The molecule has 0 saturated heterocycles. The average molecular weight is 223 g/mol. The second-order valence-electron chi connectivity index (χ2n) is 1.88. The first kappa shape index (κ1) is 8.02. The van der Waals surface area contributed by atoms with Crippen LogP contribution in [0.3, 0.4) is 0 Å². The van der Waals surface area contributed by atoms with Crippen LogP contribution >= 0.6 is 27.5 Å². The summed E-state index contributed by atoms with van der Waals surface area (Å²) in [6.45, 7) is 0. The largest absolute Gasteiger partial charge is 0.206 e. The van der Waals surface area contributed by atoms with Gasteiger partial charge in [0.1, 0.15) is 5.82 Å². The van der Waals surface area contributed by atoms with Gasteiger partial charge in [0.05, 0.1) is 4.47 Å². The molecule has 0 unspecified atom stereocenters. The van der Waals surface area contributed by atoms with Crippen molar-refractivity contribution in [2.75, 3.05) is 0 Å². The van der Waals surface area contributed by atoms with Crippen molar-refractivity contribution in [1.82, 2.24) is 0 Å². The van der Waals surface area contributed by atoms with Gasteiger partial charge in [-0.2, -0.15) is 0 Å². The van der Waals surface area contributed by atoms with Crippen LogP contribution in [-0.2, 0) is 5.88 Å². The van der Waals surface area contributed by atoms with E-state index in [1.807, 2.05) is 0 Å². The molecule has 0 spiro atoms. The standard InChI is InChI=1S/C7H5BrClF/c8-6-3-5(4-9)1-2-7(6)10/h1-3H,4H2. The van der Waals surface area contributed by atoms with Crippen molar-refractivity contribution in [3.8, 4) is 0 Å². The van der Waals surface area contributed by atoms with E-state index in [0.717, 1.165) is 5.56 Å². The number of hydrogen-bond donors (Lipinski definition) is 0. The van der Waals surface area contributed by atoms with E-state index in [4.69, 9.17) is 11.6 Å². The lowest BCUT2D eigenvalue weighted by molar-refractivity contribution is 0.620. The molecule has 0 heterocycles. The minimum absolute atomic E-state index is 0.256. The summed E-state index contributed by atoms with van der Waals surface area (Å²) in [7, 11) is 0. The van der Waals surface area contributed by atoms with Crippen molar-refractivity contribution < 1.29 is 4.39 Å². The van der Waals surface area contributed by atoms with E-state index in [1.165, 1.54) is 6.07 Å². The molecule has 0 radical (unpaired) electrons. The van der Waals surface area contributed by atoms with Crippen LogP contribution in [0.25, 0.3) is 0 Å². The summed E-state index contributed by atoms with van der Waals surface area (Å²) < 4.78 is 13.0. The highest BCUT2D eigenvalue weighted by Crippen LogP contribution is 2.17. The van der Waals surface area contributed by atoms with Gasteiger partial charge in [-0.25, -0.2) is 4.39 Å². The summed E-state index contributed by atoms with van der Waals surface area (Å²) >= 11 is 8.56. The first-order chi connectivity index (χ1) is 4.74. The molecule has 1 aromatic rings. The molecule has 0 aliphatic carbocycles. The van der Waals surface area contributed by atoms with E-state index in [0.29, 0.717) is 10.4 Å². The highest BCUT2D eigenvalue weighted by atomic mass is 79.9. The molecule has 3 heteroatoms. The van der Waals surface area contributed by atoms with Crippen LogP contribution in [0.5, 0.6) is 0 Å². The van der Waals surface area contributed by atoms with Gasteiger partial charge in [0, 0.05) is 5.88 Å². The summed E-state index contributed by atoms with van der Waals surface area (Å²) in [5.74, 6) is 0.160. The zero-order chi connectivity index (χ0) is 7.56. The van der Waals surface area contributed by atoms with E-state index >= 15 is 0 Å². The van der Waals surface area contributed by atoms with Gasteiger partial charge < -0.3 is 0 Å². The van der Waals surface area contributed by atoms with Crippen LogP contribution in [-0.4, -0.2) is 0 Å². The molecule has 0 aliphatic heterocycles. The summed E-state index contributed by atoms with van der Waals surface area (Å²) in [5.41, 5.74) is 0.912. The first-order valence-corrected chi connectivity index (χ1v) is 4.06. The molecule has 10 heavy (non-hydrogen) atoms. The topological polar surface area (TPSA) is 0 Å². The fourth-order valence-corrected chi connectivity index (χ4v) is 1.22. The van der Waals surface area contributed by atoms with Crippen LogP contribution in [0.1, 0.15) is 5.56 Å². The van der Waals surface area contributed by atoms with Crippen molar-refractivity contribution in [3.63, 3.8) is 0 Å². The fourth-order valence-electron chi connectivity index (χ4n) is 0.623. The molecule has 0 aromatic heterocycles. The van der Waals surface area contributed by atoms with E-state index in [1.54, 1.807) is 12.1 Å². The highest BCUT2D eigenvalue weighted by Gasteiger charge is 1.97. The van der Waals surface area contributed by atoms with E-state index in [-0.39, 0.29) is 5.82 Å². The Bertz CT molecular complexity index is 237. The molecule has 0 nitrogen and oxygen atoms in total. The third kappa shape index (κ3) is 1.70. The maximum absolute atomic E-state index is 12.5. The smallest absolute Gasteiger partial charge is 0.137 e. The lowest BCUT2D eigenvalue weighted by Crippen LogP contribution is -1.80. The highest BCUT2D eigenvalue weighted by molar-refractivity contribution is 9.10. The minimum atomic E-state index is -0.256. The lowest BCUT2D eigenvalue weighted by atomic mass is 10.2. The Hall–Kier alpha value is -0.0800. The predicted octanol–water partition coefficient (Wildman–Crippen LogP) is 3.33. The molecule has 0 N–H and O–H groups in total. The molecule has 0 aliphatic rings. The SMILES string of the molecule is Fc1ccc(CCl)cc1Br. The molecule has 0 fully saturated rings. The second-order valence-corrected chi connectivity index (χ2v) is 3.00. The van der Waals surface area contributed by atoms with E-state index in [2.05, 4.69) is 15.9 Å². The van der Waals surface area contributed by atoms with Crippen LogP contribution in [0.15, 0.2) is 22.7 Å². The zero-order valence-corrected chi connectivity index (χ0v) is 7.41. The Morgan fingerprint density at radius 3 is 2.70 bits per heavy atom. The summed E-state index contributed by atoms with van der Waals surface area (Å²) in [5, 5.41) is 0. The maximum atomic E-state index is 12.5. The molecule has 54 valence electrons. The monoisotopic (exact) mass is 222 g/mol. The first-order valence-electron chi connectivity index (χ1n) is 2.74. The number of rotatable bonds is 1. The van der Waals surface area contributed by atoms with Gasteiger partial charge in [0.25, 0.3) is 0 Å². The number of halogens is 3. The normalized spacial score (nSPS) is 9.90. The Labute approximate surface area is 72.1 Å². The minimum Gasteiger partial charge on any atom is -0.206 e. The van der Waals surface area contributed by atoms with Gasteiger partial charge in [0.2, 0.25) is 0 Å². The van der Waals surface area contributed by atoms with Crippen LogP contribution in [0.4, 0.5) is 4.39 Å². The molecular weight excluding hydrogens is 218 g/mol. The van der Waals surface area contributed by atoms with Gasteiger partial charge in [-0.15, -0.1) is 11.6 Å². The maximum Gasteiger partial charge on any atom is 0.137 e. The summed E-state index contributed by atoms with van der Waals surface area (Å²) in [4.78, 5) is 0. The average Bonchev–Trinajstić information content (AvgIpc) is 1.95. The summed E-state index contributed by atoms with van der Waals surface area (Å²) in [6, 6.07) is 4.72. The van der Waals surface area contributed by atoms with Crippen LogP contribution < -0.4 is 0 Å². The number of benzene rings is 1. The Morgan fingerprint density at radius 1 is 1.50 bits per heavy atom. The molecule has 1 rings (SSSR count). The second kappa shape index (κ2) is 3.35. The number of hydrogen-bond acceptors (Lipinski definition) is 0. The van der Waals surface area contributed by atoms with Crippen molar-refractivity contribution >= 4 is 27.5 Å². The Balaban J connectivity index is 3.04. The fraction of sp³-hybridized carbons (Fsp3) is 0.143. The third-order valence-corrected chi connectivity index (χ3v) is 2.05. The van der Waals surface area contributed by atoms with Gasteiger partial charge in [-0.05, 0) is 33.6 Å². The van der Waals surface area contributed by atoms with Gasteiger partial charge in [-0.3, -0.25) is 0 Å². The van der Waals surface area contributed by atoms with Crippen molar-refractivity contribution in [2.45, 2.75) is 5.88 Å². The van der Waals surface area contributed by atoms with E-state index < -0.39 is 0 Å². The molecule has 0 bridgehead atoms. The molecule has 0 atom stereocenters. The van der Waals surface area contributed by atoms with Gasteiger partial charge in [-0.1, -0.05) is 6.07 Å². The molecular formula is C7H5BrClF. The molecule has 1 aromatic carbocycles. The van der Waals surface area contributed by atoms with Gasteiger partial charge in [0.15, 0.2) is 0 Å². The predicted molar refractivity (Wildman–Crippen MR) is 43.7 cm³/mol. The molecule has 0 amide bonds. The van der Waals surface area contributed by atoms with E-state index in [9.17, 15) is 4.39 Å². The number of alkyl halides is 1. The van der Waals surface area contributed by atoms with Gasteiger partial charge >= 0.3 is 0 Å².